The van der Waals surface area contributed by atoms with E-state index >= 15 is 8.78 Å². The van der Waals surface area contributed by atoms with Gasteiger partial charge in [-0.1, -0.05) is 0 Å². The van der Waals surface area contributed by atoms with E-state index in [1.807, 2.05) is 25.8 Å². The number of rotatable bonds is 5. The van der Waals surface area contributed by atoms with Gasteiger partial charge in [0.1, 0.15) is 22.9 Å². The van der Waals surface area contributed by atoms with Crippen LogP contribution in [0, 0.1) is 17.6 Å². The zero-order valence-electron chi connectivity index (χ0n) is 21.8. The lowest BCUT2D eigenvalue weighted by Crippen LogP contribution is -2.51. The molecule has 2 N–H and O–H groups in total. The van der Waals surface area contributed by atoms with Crippen LogP contribution in [0.15, 0.2) is 12.1 Å². The first-order chi connectivity index (χ1) is 17.5. The predicted octanol–water partition coefficient (Wildman–Crippen LogP) is 2.76. The first kappa shape index (κ1) is 27.3. The number of nitrogens with zero attached hydrogens (tertiary/aromatic N) is 3. The number of anilines is 1. The summed E-state index contributed by atoms with van der Waals surface area (Å²) in [7, 11) is 0. The summed E-state index contributed by atoms with van der Waals surface area (Å²) in [4.78, 5) is 39.4. The number of hydrogen-bond donors (Lipinski definition) is 2. The number of halogens is 2. The fraction of sp³-hybridized carbons (Fsp3) is 0.654. The molecule has 0 radical (unpaired) electrons. The topological polar surface area (TPSA) is 94.2 Å². The molecule has 204 valence electrons. The van der Waals surface area contributed by atoms with Crippen LogP contribution in [0.4, 0.5) is 19.3 Å². The molecule has 3 aliphatic heterocycles. The number of hydrazine groups is 1. The van der Waals surface area contributed by atoms with Gasteiger partial charge in [-0.3, -0.25) is 25.2 Å². The number of piperazine rings is 1. The largest absolute Gasteiger partial charge is 0.443 e. The zero-order chi connectivity index (χ0) is 26.7. The van der Waals surface area contributed by atoms with Gasteiger partial charge in [-0.25, -0.2) is 18.6 Å². The number of carbonyl (C=O) groups excluding carboxylic acids is 3. The van der Waals surface area contributed by atoms with Gasteiger partial charge in [0.2, 0.25) is 11.8 Å². The minimum atomic E-state index is -0.660. The third kappa shape index (κ3) is 7.38. The van der Waals surface area contributed by atoms with E-state index in [0.29, 0.717) is 37.7 Å². The van der Waals surface area contributed by atoms with Crippen LogP contribution in [-0.4, -0.2) is 79.2 Å². The van der Waals surface area contributed by atoms with E-state index in [2.05, 4.69) is 15.6 Å². The molecule has 0 aromatic heterocycles. The first-order valence-electron chi connectivity index (χ1n) is 13.0. The minimum absolute atomic E-state index is 0.0403. The molecule has 3 saturated heterocycles. The molecule has 3 fully saturated rings. The highest BCUT2D eigenvalue weighted by Gasteiger charge is 2.30. The molecule has 11 heteroatoms. The molecule has 4 rings (SSSR count). The van der Waals surface area contributed by atoms with Crippen LogP contribution in [0.3, 0.4) is 0 Å². The molecule has 3 amide bonds. The SMILES string of the molecule is CC(C)(C)OC(=O)NN1CCC(CN2CCN(c3c(F)cc(C4CC(=O)NC(=O)C4)cc3F)CC2)CC1. The highest BCUT2D eigenvalue weighted by Crippen LogP contribution is 2.33. The molecule has 0 spiro atoms. The number of hydrogen-bond acceptors (Lipinski definition) is 7. The third-order valence-corrected chi connectivity index (χ3v) is 7.12. The monoisotopic (exact) mass is 521 g/mol. The Morgan fingerprint density at radius 2 is 1.57 bits per heavy atom. The van der Waals surface area contributed by atoms with Gasteiger partial charge in [-0.2, -0.15) is 0 Å². The fourth-order valence-corrected chi connectivity index (χ4v) is 5.31. The molecule has 0 aliphatic carbocycles. The Morgan fingerprint density at radius 3 is 2.11 bits per heavy atom. The van der Waals surface area contributed by atoms with Gasteiger partial charge >= 0.3 is 6.09 Å². The van der Waals surface area contributed by atoms with Crippen LogP contribution in [-0.2, 0) is 14.3 Å². The van der Waals surface area contributed by atoms with Crippen LogP contribution in [0.5, 0.6) is 0 Å². The van der Waals surface area contributed by atoms with E-state index in [9.17, 15) is 14.4 Å². The van der Waals surface area contributed by atoms with Crippen LogP contribution < -0.4 is 15.6 Å². The van der Waals surface area contributed by atoms with Crippen LogP contribution in [0.25, 0.3) is 0 Å². The van der Waals surface area contributed by atoms with Crippen molar-refractivity contribution in [3.63, 3.8) is 0 Å². The number of amides is 3. The smallest absolute Gasteiger partial charge is 0.422 e. The lowest BCUT2D eigenvalue weighted by atomic mass is 9.89. The van der Waals surface area contributed by atoms with Crippen LogP contribution >= 0.6 is 0 Å². The Bertz CT molecular complexity index is 976. The Morgan fingerprint density at radius 1 is 1.00 bits per heavy atom. The Labute approximate surface area is 216 Å². The lowest BCUT2D eigenvalue weighted by molar-refractivity contribution is -0.133. The van der Waals surface area contributed by atoms with Gasteiger partial charge < -0.3 is 9.64 Å². The highest BCUT2D eigenvalue weighted by atomic mass is 19.1. The molecule has 0 bridgehead atoms. The summed E-state index contributed by atoms with van der Waals surface area (Å²) in [6.07, 6.45) is 1.54. The second-order valence-corrected chi connectivity index (χ2v) is 11.2. The molecule has 3 aliphatic rings. The number of carbonyl (C=O) groups is 3. The maximum absolute atomic E-state index is 15.0. The lowest BCUT2D eigenvalue weighted by Gasteiger charge is -2.39. The predicted molar refractivity (Wildman–Crippen MR) is 134 cm³/mol. The molecule has 3 heterocycles. The summed E-state index contributed by atoms with van der Waals surface area (Å²) < 4.78 is 35.3. The van der Waals surface area contributed by atoms with Crippen LogP contribution in [0.1, 0.15) is 57.9 Å². The normalized spacial score (nSPS) is 21.2. The Hall–Kier alpha value is -2.79. The van der Waals surface area contributed by atoms with Gasteiger partial charge in [-0.15, -0.1) is 0 Å². The summed E-state index contributed by atoms with van der Waals surface area (Å²) in [5, 5.41) is 4.12. The summed E-state index contributed by atoms with van der Waals surface area (Å²) in [6, 6.07) is 2.53. The molecule has 9 nitrogen and oxygen atoms in total. The fourth-order valence-electron chi connectivity index (χ4n) is 5.31. The molecule has 1 aromatic carbocycles. The summed E-state index contributed by atoms with van der Waals surface area (Å²) in [5.41, 5.74) is 2.57. The molecule has 1 aromatic rings. The van der Waals surface area contributed by atoms with E-state index in [-0.39, 0.29) is 18.5 Å². The number of ether oxygens (including phenoxy) is 1. The van der Waals surface area contributed by atoms with E-state index in [1.54, 1.807) is 4.90 Å². The van der Waals surface area contributed by atoms with Gasteiger partial charge in [0, 0.05) is 64.6 Å². The number of benzene rings is 1. The highest BCUT2D eigenvalue weighted by molar-refractivity contribution is 5.98. The van der Waals surface area contributed by atoms with E-state index in [1.165, 1.54) is 12.1 Å². The third-order valence-electron chi connectivity index (χ3n) is 7.12. The first-order valence-corrected chi connectivity index (χ1v) is 13.0. The van der Waals surface area contributed by atoms with E-state index < -0.39 is 41.1 Å². The average molecular weight is 522 g/mol. The maximum Gasteiger partial charge on any atom is 0.422 e. The standard InChI is InChI=1S/C26H37F2N5O4/c1-26(2,3)37-25(36)30-33-6-4-17(5-7-33)16-31-8-10-32(11-9-31)24-20(27)12-18(13-21(24)28)19-14-22(34)29-23(35)15-19/h12-13,17,19H,4-11,14-16H2,1-3H3,(H,30,36)(H,29,34,35). The molecule has 0 saturated carbocycles. The minimum Gasteiger partial charge on any atom is -0.443 e. The summed E-state index contributed by atoms with van der Waals surface area (Å²) >= 11 is 0. The maximum atomic E-state index is 15.0. The van der Waals surface area contributed by atoms with E-state index in [4.69, 9.17) is 4.74 Å². The molecular formula is C26H37F2N5O4. The van der Waals surface area contributed by atoms with Crippen molar-refractivity contribution >= 4 is 23.6 Å². The molecule has 37 heavy (non-hydrogen) atoms. The van der Waals surface area contributed by atoms with Crippen molar-refractivity contribution in [3.05, 3.63) is 29.3 Å². The van der Waals surface area contributed by atoms with Gasteiger partial charge in [0.05, 0.1) is 0 Å². The van der Waals surface area contributed by atoms with Crippen molar-refractivity contribution in [1.82, 2.24) is 20.7 Å². The second-order valence-electron chi connectivity index (χ2n) is 11.2. The van der Waals surface area contributed by atoms with Crippen molar-refractivity contribution in [3.8, 4) is 0 Å². The number of piperidine rings is 2. The van der Waals surface area contributed by atoms with Gasteiger partial charge in [0.15, 0.2) is 0 Å². The number of nitrogens with one attached hydrogen (secondary N) is 2. The van der Waals surface area contributed by atoms with Crippen molar-refractivity contribution in [2.24, 2.45) is 5.92 Å². The van der Waals surface area contributed by atoms with Crippen molar-refractivity contribution in [2.45, 2.75) is 58.0 Å². The second kappa shape index (κ2) is 11.3. The number of imide groups is 1. The average Bonchev–Trinajstić information content (AvgIpc) is 2.79. The Kier molecular flexibility index (Phi) is 8.33. The quantitative estimate of drug-likeness (QED) is 0.576. The molecule has 0 atom stereocenters. The van der Waals surface area contributed by atoms with Crippen LogP contribution in [0.2, 0.25) is 0 Å². The van der Waals surface area contributed by atoms with Crippen molar-refractivity contribution in [1.29, 1.82) is 0 Å². The Balaban J connectivity index is 1.25. The summed E-state index contributed by atoms with van der Waals surface area (Å²) in [6.45, 7) is 10.3. The van der Waals surface area contributed by atoms with Crippen molar-refractivity contribution < 1.29 is 27.9 Å². The van der Waals surface area contributed by atoms with Gasteiger partial charge in [-0.05, 0) is 57.2 Å². The van der Waals surface area contributed by atoms with Crippen molar-refractivity contribution in [2.75, 3.05) is 50.7 Å². The van der Waals surface area contributed by atoms with E-state index in [0.717, 1.165) is 32.5 Å². The van der Waals surface area contributed by atoms with Gasteiger partial charge in [0.25, 0.3) is 0 Å². The molecule has 0 unspecified atom stereocenters. The summed E-state index contributed by atoms with van der Waals surface area (Å²) in [5.74, 6) is -2.19. The molecular weight excluding hydrogens is 484 g/mol. The zero-order valence-corrected chi connectivity index (χ0v) is 21.8.